The molecule has 4 heteroatoms. The highest BCUT2D eigenvalue weighted by atomic mass is 16.2. The molecule has 2 rings (SSSR count). The van der Waals surface area contributed by atoms with Crippen LogP contribution in [0.2, 0.25) is 0 Å². The lowest BCUT2D eigenvalue weighted by Gasteiger charge is -2.05. The molecule has 0 fully saturated rings. The van der Waals surface area contributed by atoms with Crippen molar-refractivity contribution in [1.29, 1.82) is 0 Å². The fourth-order valence-electron chi connectivity index (χ4n) is 2.09. The molecule has 2 amide bonds. The van der Waals surface area contributed by atoms with Crippen molar-refractivity contribution < 1.29 is 9.59 Å². The van der Waals surface area contributed by atoms with E-state index in [1.807, 2.05) is 30.3 Å². The Morgan fingerprint density at radius 1 is 0.958 bits per heavy atom. The second-order valence-corrected chi connectivity index (χ2v) is 5.28. The van der Waals surface area contributed by atoms with E-state index in [1.54, 1.807) is 24.3 Å². The van der Waals surface area contributed by atoms with Crippen LogP contribution in [0.25, 0.3) is 0 Å². The summed E-state index contributed by atoms with van der Waals surface area (Å²) in [4.78, 5) is 22.8. The minimum atomic E-state index is -0.229. The SMILES string of the molecule is CC(=O)c1ccc(C#CCNC(=O)NCCc2ccccc2)cc1. The zero-order valence-corrected chi connectivity index (χ0v) is 13.6. The van der Waals surface area contributed by atoms with Crippen molar-refractivity contribution in [2.24, 2.45) is 0 Å². The molecule has 0 unspecified atom stereocenters. The number of benzene rings is 2. The molecule has 2 N–H and O–H groups in total. The van der Waals surface area contributed by atoms with Gasteiger partial charge in [0.15, 0.2) is 5.78 Å². The van der Waals surface area contributed by atoms with Gasteiger partial charge in [0.05, 0.1) is 6.54 Å². The Labute approximate surface area is 142 Å². The quantitative estimate of drug-likeness (QED) is 0.657. The molecule has 2 aromatic rings. The third-order valence-corrected chi connectivity index (χ3v) is 3.40. The minimum Gasteiger partial charge on any atom is -0.338 e. The first-order chi connectivity index (χ1) is 11.6. The maximum Gasteiger partial charge on any atom is 0.315 e. The van der Waals surface area contributed by atoms with E-state index >= 15 is 0 Å². The molecule has 0 radical (unpaired) electrons. The largest absolute Gasteiger partial charge is 0.338 e. The first-order valence-electron chi connectivity index (χ1n) is 7.80. The average molecular weight is 320 g/mol. The number of ketones is 1. The smallest absolute Gasteiger partial charge is 0.315 e. The van der Waals surface area contributed by atoms with Crippen molar-refractivity contribution in [2.45, 2.75) is 13.3 Å². The molecule has 24 heavy (non-hydrogen) atoms. The molecule has 2 aromatic carbocycles. The van der Waals surface area contributed by atoms with Crippen LogP contribution in [0.1, 0.15) is 28.4 Å². The van der Waals surface area contributed by atoms with E-state index in [9.17, 15) is 9.59 Å². The van der Waals surface area contributed by atoms with Crippen molar-refractivity contribution in [3.8, 4) is 11.8 Å². The first kappa shape index (κ1) is 17.3. The van der Waals surface area contributed by atoms with E-state index in [1.165, 1.54) is 12.5 Å². The predicted octanol–water partition coefficient (Wildman–Crippen LogP) is 2.78. The fourth-order valence-corrected chi connectivity index (χ4v) is 2.09. The van der Waals surface area contributed by atoms with Crippen LogP contribution in [0.15, 0.2) is 54.6 Å². The highest BCUT2D eigenvalue weighted by Crippen LogP contribution is 2.03. The van der Waals surface area contributed by atoms with Gasteiger partial charge in [0.25, 0.3) is 0 Å². The molecule has 0 saturated carbocycles. The van der Waals surface area contributed by atoms with Gasteiger partial charge in [-0.15, -0.1) is 0 Å². The molecular weight excluding hydrogens is 300 g/mol. The molecule has 0 aliphatic carbocycles. The molecule has 122 valence electrons. The normalized spacial score (nSPS) is 9.54. The van der Waals surface area contributed by atoms with Crippen LogP contribution < -0.4 is 10.6 Å². The van der Waals surface area contributed by atoms with Crippen LogP contribution in [-0.2, 0) is 6.42 Å². The van der Waals surface area contributed by atoms with Gasteiger partial charge in [0.1, 0.15) is 0 Å². The zero-order chi connectivity index (χ0) is 17.2. The summed E-state index contributed by atoms with van der Waals surface area (Å²) < 4.78 is 0. The summed E-state index contributed by atoms with van der Waals surface area (Å²) in [5.41, 5.74) is 2.66. The summed E-state index contributed by atoms with van der Waals surface area (Å²) in [5.74, 6) is 5.86. The van der Waals surface area contributed by atoms with E-state index in [-0.39, 0.29) is 18.4 Å². The molecule has 0 aliphatic rings. The van der Waals surface area contributed by atoms with E-state index in [0.717, 1.165) is 12.0 Å². The van der Waals surface area contributed by atoms with E-state index < -0.39 is 0 Å². The van der Waals surface area contributed by atoms with Crippen LogP contribution >= 0.6 is 0 Å². The van der Waals surface area contributed by atoms with Gasteiger partial charge in [-0.2, -0.15) is 0 Å². The van der Waals surface area contributed by atoms with Gasteiger partial charge in [-0.25, -0.2) is 4.79 Å². The van der Waals surface area contributed by atoms with Gasteiger partial charge in [0.2, 0.25) is 0 Å². The van der Waals surface area contributed by atoms with Crippen molar-refractivity contribution in [3.05, 3.63) is 71.3 Å². The van der Waals surface area contributed by atoms with Crippen LogP contribution in [0.4, 0.5) is 4.79 Å². The Kier molecular flexibility index (Phi) is 6.60. The van der Waals surface area contributed by atoms with Crippen molar-refractivity contribution in [2.75, 3.05) is 13.1 Å². The van der Waals surface area contributed by atoms with Crippen LogP contribution in [0.3, 0.4) is 0 Å². The zero-order valence-electron chi connectivity index (χ0n) is 13.6. The number of urea groups is 1. The van der Waals surface area contributed by atoms with Gasteiger partial charge in [0, 0.05) is 17.7 Å². The predicted molar refractivity (Wildman–Crippen MR) is 94.9 cm³/mol. The molecule has 0 saturated heterocycles. The third kappa shape index (κ3) is 5.98. The van der Waals surface area contributed by atoms with Gasteiger partial charge < -0.3 is 10.6 Å². The summed E-state index contributed by atoms with van der Waals surface area (Å²) >= 11 is 0. The van der Waals surface area contributed by atoms with Gasteiger partial charge >= 0.3 is 6.03 Å². The number of nitrogens with one attached hydrogen (secondary N) is 2. The Morgan fingerprint density at radius 3 is 2.33 bits per heavy atom. The number of hydrogen-bond acceptors (Lipinski definition) is 2. The van der Waals surface area contributed by atoms with Gasteiger partial charge in [-0.1, -0.05) is 54.3 Å². The molecule has 0 aromatic heterocycles. The Balaban J connectivity index is 1.68. The molecule has 0 spiro atoms. The molecule has 0 atom stereocenters. The van der Waals surface area contributed by atoms with Crippen molar-refractivity contribution in [1.82, 2.24) is 10.6 Å². The number of Topliss-reactive ketones (excluding diaryl/α,β-unsaturated/α-hetero) is 1. The monoisotopic (exact) mass is 320 g/mol. The van der Waals surface area contributed by atoms with Crippen molar-refractivity contribution >= 4 is 11.8 Å². The van der Waals surface area contributed by atoms with Crippen LogP contribution in [-0.4, -0.2) is 24.9 Å². The average Bonchev–Trinajstić information content (AvgIpc) is 2.60. The second-order valence-electron chi connectivity index (χ2n) is 5.28. The molecule has 4 nitrogen and oxygen atoms in total. The lowest BCUT2D eigenvalue weighted by Crippen LogP contribution is -2.36. The lowest BCUT2D eigenvalue weighted by molar-refractivity contribution is 0.101. The summed E-state index contributed by atoms with van der Waals surface area (Å²) in [6.45, 7) is 2.38. The standard InChI is InChI=1S/C20H20N2O2/c1-16(23)19-11-9-18(10-12-19)8-5-14-21-20(24)22-15-13-17-6-3-2-4-7-17/h2-4,6-7,9-12H,13-15H2,1H3,(H2,21,22,24). The van der Waals surface area contributed by atoms with E-state index in [2.05, 4.69) is 22.5 Å². The fraction of sp³-hybridized carbons (Fsp3) is 0.200. The minimum absolute atomic E-state index is 0.0309. The van der Waals surface area contributed by atoms with Crippen LogP contribution in [0.5, 0.6) is 0 Å². The molecular formula is C20H20N2O2. The van der Waals surface area contributed by atoms with Gasteiger partial charge in [-0.3, -0.25) is 4.79 Å². The highest BCUT2D eigenvalue weighted by molar-refractivity contribution is 5.94. The topological polar surface area (TPSA) is 58.2 Å². The number of carbonyl (C=O) groups is 2. The number of hydrogen-bond donors (Lipinski definition) is 2. The Bertz CT molecular complexity index is 741. The Morgan fingerprint density at radius 2 is 1.67 bits per heavy atom. The molecule has 0 heterocycles. The van der Waals surface area contributed by atoms with E-state index in [0.29, 0.717) is 12.1 Å². The summed E-state index contributed by atoms with van der Waals surface area (Å²) in [7, 11) is 0. The third-order valence-electron chi connectivity index (χ3n) is 3.40. The Hall–Kier alpha value is -3.06. The summed E-state index contributed by atoms with van der Waals surface area (Å²) in [5, 5.41) is 5.49. The first-order valence-corrected chi connectivity index (χ1v) is 7.80. The molecule has 0 aliphatic heterocycles. The maximum absolute atomic E-state index is 11.6. The second kappa shape index (κ2) is 9.16. The molecule has 0 bridgehead atoms. The maximum atomic E-state index is 11.6. The summed E-state index contributed by atoms with van der Waals surface area (Å²) in [6, 6.07) is 16.8. The number of rotatable bonds is 5. The summed E-state index contributed by atoms with van der Waals surface area (Å²) in [6.07, 6.45) is 0.794. The highest BCUT2D eigenvalue weighted by Gasteiger charge is 1.98. The lowest BCUT2D eigenvalue weighted by atomic mass is 10.1. The van der Waals surface area contributed by atoms with E-state index in [4.69, 9.17) is 0 Å². The van der Waals surface area contributed by atoms with Crippen molar-refractivity contribution in [3.63, 3.8) is 0 Å². The number of carbonyl (C=O) groups excluding carboxylic acids is 2. The van der Waals surface area contributed by atoms with Crippen LogP contribution in [0, 0.1) is 11.8 Å². The number of amides is 2. The van der Waals surface area contributed by atoms with Gasteiger partial charge in [-0.05, 0) is 31.0 Å².